The molecule has 0 aromatic heterocycles. The molecular weight excluding hydrogens is 304 g/mol. The van der Waals surface area contributed by atoms with Crippen molar-refractivity contribution in [3.8, 4) is 0 Å². The Kier molecular flexibility index (Phi) is 7.36. The van der Waals surface area contributed by atoms with E-state index in [9.17, 15) is 16.8 Å². The lowest BCUT2D eigenvalue weighted by Crippen LogP contribution is -2.04. The third-order valence-corrected chi connectivity index (χ3v) is 3.97. The zero-order valence-electron chi connectivity index (χ0n) is 10.9. The monoisotopic (exact) mass is 320 g/mol. The van der Waals surface area contributed by atoms with Gasteiger partial charge in [-0.2, -0.15) is 16.8 Å². The predicted molar refractivity (Wildman–Crippen MR) is 77.3 cm³/mol. The van der Waals surface area contributed by atoms with Crippen LogP contribution in [0, 0.1) is 0 Å². The molecule has 0 radical (unpaired) electrons. The van der Waals surface area contributed by atoms with Crippen LogP contribution in [0.3, 0.4) is 0 Å². The number of hydrogen-bond acceptors (Lipinski definition) is 5. The standard InChI is InChI=1S/C8H8O3S.C4H8O3S/c1-2-7-4-3-5-8(6-7)12(9,10)11;1-3-4-8(5,6)7-2/h2-6H,1H2,(H,9,10,11);3H,1,4H2,2H3. The predicted octanol–water partition coefficient (Wildman–Crippen LogP) is 1.72. The van der Waals surface area contributed by atoms with E-state index in [1.165, 1.54) is 24.3 Å². The molecule has 1 N–H and O–H groups in total. The minimum Gasteiger partial charge on any atom is -0.282 e. The summed E-state index contributed by atoms with van der Waals surface area (Å²) in [6.45, 7) is 6.71. The molecule has 0 heterocycles. The minimum absolute atomic E-state index is 0.111. The molecule has 0 amide bonds. The molecule has 0 aliphatic heterocycles. The molecule has 6 nitrogen and oxygen atoms in total. The maximum atomic E-state index is 10.6. The van der Waals surface area contributed by atoms with E-state index in [0.717, 1.165) is 7.11 Å². The fourth-order valence-corrected chi connectivity index (χ4v) is 1.97. The van der Waals surface area contributed by atoms with Crippen molar-refractivity contribution in [2.75, 3.05) is 12.9 Å². The Bertz CT molecular complexity index is 659. The van der Waals surface area contributed by atoms with Crippen LogP contribution in [-0.4, -0.2) is 34.3 Å². The Balaban J connectivity index is 0.000000396. The Hall–Kier alpha value is -1.48. The van der Waals surface area contributed by atoms with E-state index in [4.69, 9.17) is 4.55 Å². The summed E-state index contributed by atoms with van der Waals surface area (Å²) >= 11 is 0. The molecule has 1 rings (SSSR count). The van der Waals surface area contributed by atoms with Gasteiger partial charge < -0.3 is 0 Å². The molecule has 1 aromatic carbocycles. The molecule has 8 heteroatoms. The average Bonchev–Trinajstić information content (AvgIpc) is 2.38. The first-order valence-electron chi connectivity index (χ1n) is 5.25. The lowest BCUT2D eigenvalue weighted by atomic mass is 10.2. The summed E-state index contributed by atoms with van der Waals surface area (Å²) < 4.78 is 54.6. The van der Waals surface area contributed by atoms with Crippen molar-refractivity contribution in [3.63, 3.8) is 0 Å². The molecule has 0 bridgehead atoms. The number of hydrogen-bond donors (Lipinski definition) is 1. The largest absolute Gasteiger partial charge is 0.294 e. The van der Waals surface area contributed by atoms with Crippen molar-refractivity contribution in [1.29, 1.82) is 0 Å². The number of benzene rings is 1. The molecular formula is C12H16O6S2. The lowest BCUT2D eigenvalue weighted by molar-refractivity contribution is 0.400. The van der Waals surface area contributed by atoms with Crippen LogP contribution in [0.25, 0.3) is 6.08 Å². The molecule has 112 valence electrons. The van der Waals surface area contributed by atoms with Gasteiger partial charge >= 0.3 is 0 Å². The second-order valence-corrected chi connectivity index (χ2v) is 6.63. The SMILES string of the molecule is C=CCS(=O)(=O)OC.C=Cc1cccc(S(=O)(=O)O)c1. The highest BCUT2D eigenvalue weighted by molar-refractivity contribution is 7.86. The van der Waals surface area contributed by atoms with Gasteiger partial charge in [0.1, 0.15) is 0 Å². The molecule has 0 saturated carbocycles. The fourth-order valence-electron chi connectivity index (χ4n) is 1.01. The minimum atomic E-state index is -4.08. The zero-order chi connectivity index (χ0) is 15.8. The van der Waals surface area contributed by atoms with Crippen LogP contribution in [0.5, 0.6) is 0 Å². The normalized spacial score (nSPS) is 11.1. The molecule has 1 aromatic rings. The molecule has 0 atom stereocenters. The van der Waals surface area contributed by atoms with E-state index in [0.29, 0.717) is 5.56 Å². The van der Waals surface area contributed by atoms with E-state index in [1.54, 1.807) is 12.1 Å². The van der Waals surface area contributed by atoms with Crippen LogP contribution in [0.2, 0.25) is 0 Å². The van der Waals surface area contributed by atoms with Gasteiger partial charge in [0.05, 0.1) is 17.8 Å². The van der Waals surface area contributed by atoms with Gasteiger partial charge in [-0.3, -0.25) is 8.74 Å². The molecule has 0 aliphatic carbocycles. The van der Waals surface area contributed by atoms with Crippen molar-refractivity contribution in [2.24, 2.45) is 0 Å². The quantitative estimate of drug-likeness (QED) is 0.504. The summed E-state index contributed by atoms with van der Waals surface area (Å²) in [5.74, 6) is -0.122. The second kappa shape index (κ2) is 7.95. The Morgan fingerprint density at radius 1 is 1.25 bits per heavy atom. The molecule has 0 spiro atoms. The highest BCUT2D eigenvalue weighted by atomic mass is 32.2. The summed E-state index contributed by atoms with van der Waals surface area (Å²) in [6.07, 6.45) is 2.79. The maximum Gasteiger partial charge on any atom is 0.294 e. The van der Waals surface area contributed by atoms with Gasteiger partial charge in [0, 0.05) is 0 Å². The van der Waals surface area contributed by atoms with Crippen molar-refractivity contribution < 1.29 is 25.6 Å². The van der Waals surface area contributed by atoms with Crippen LogP contribution >= 0.6 is 0 Å². The summed E-state index contributed by atoms with van der Waals surface area (Å²) in [6, 6.07) is 5.91. The number of rotatable bonds is 5. The van der Waals surface area contributed by atoms with Gasteiger partial charge in [-0.15, -0.1) is 6.58 Å². The Morgan fingerprint density at radius 2 is 1.85 bits per heavy atom. The highest BCUT2D eigenvalue weighted by Gasteiger charge is 2.07. The summed E-state index contributed by atoms with van der Waals surface area (Å²) in [7, 11) is -6.25. The highest BCUT2D eigenvalue weighted by Crippen LogP contribution is 2.11. The van der Waals surface area contributed by atoms with E-state index in [2.05, 4.69) is 17.3 Å². The molecule has 20 heavy (non-hydrogen) atoms. The van der Waals surface area contributed by atoms with E-state index in [-0.39, 0.29) is 10.6 Å². The van der Waals surface area contributed by atoms with E-state index in [1.807, 2.05) is 0 Å². The first kappa shape index (κ1) is 18.5. The van der Waals surface area contributed by atoms with Crippen LogP contribution in [0.4, 0.5) is 0 Å². The van der Waals surface area contributed by atoms with Crippen molar-refractivity contribution in [1.82, 2.24) is 0 Å². The van der Waals surface area contributed by atoms with Crippen LogP contribution in [0.1, 0.15) is 5.56 Å². The summed E-state index contributed by atoms with van der Waals surface area (Å²) in [4.78, 5) is -0.111. The van der Waals surface area contributed by atoms with Crippen molar-refractivity contribution in [3.05, 3.63) is 49.1 Å². The van der Waals surface area contributed by atoms with Gasteiger partial charge in [0.15, 0.2) is 0 Å². The van der Waals surface area contributed by atoms with Gasteiger partial charge in [0.25, 0.3) is 20.2 Å². The van der Waals surface area contributed by atoms with Crippen molar-refractivity contribution in [2.45, 2.75) is 4.90 Å². The lowest BCUT2D eigenvalue weighted by Gasteiger charge is -1.97. The fraction of sp³-hybridized carbons (Fsp3) is 0.167. The maximum absolute atomic E-state index is 10.6. The summed E-state index contributed by atoms with van der Waals surface area (Å²) in [5, 5.41) is 0. The van der Waals surface area contributed by atoms with Crippen LogP contribution in [-0.2, 0) is 24.4 Å². The zero-order valence-corrected chi connectivity index (χ0v) is 12.5. The van der Waals surface area contributed by atoms with Gasteiger partial charge in [-0.1, -0.05) is 30.9 Å². The van der Waals surface area contributed by atoms with Gasteiger partial charge in [-0.25, -0.2) is 0 Å². The van der Waals surface area contributed by atoms with Gasteiger partial charge in [0.2, 0.25) is 0 Å². The van der Waals surface area contributed by atoms with Gasteiger partial charge in [-0.05, 0) is 17.7 Å². The molecule has 0 saturated heterocycles. The molecule has 0 fully saturated rings. The average molecular weight is 320 g/mol. The Labute approximate surface area is 119 Å². The molecule has 0 aliphatic rings. The molecule has 0 unspecified atom stereocenters. The van der Waals surface area contributed by atoms with Crippen LogP contribution < -0.4 is 0 Å². The van der Waals surface area contributed by atoms with E-state index < -0.39 is 20.2 Å². The Morgan fingerprint density at radius 3 is 2.20 bits per heavy atom. The smallest absolute Gasteiger partial charge is 0.282 e. The second-order valence-electron chi connectivity index (χ2n) is 3.43. The third kappa shape index (κ3) is 7.19. The topological polar surface area (TPSA) is 97.7 Å². The van der Waals surface area contributed by atoms with Crippen LogP contribution in [0.15, 0.2) is 48.4 Å². The van der Waals surface area contributed by atoms with E-state index >= 15 is 0 Å². The third-order valence-electron chi connectivity index (χ3n) is 1.97. The first-order chi connectivity index (χ1) is 9.16. The summed E-state index contributed by atoms with van der Waals surface area (Å²) in [5.41, 5.74) is 0.658. The first-order valence-corrected chi connectivity index (χ1v) is 8.27. The van der Waals surface area contributed by atoms with Crippen molar-refractivity contribution >= 4 is 26.3 Å².